The molecule has 0 aliphatic carbocycles. The number of unbranched alkanes of at least 4 members (excludes halogenated alkanes) is 8. The van der Waals surface area contributed by atoms with Gasteiger partial charge in [0.05, 0.1) is 0 Å². The van der Waals surface area contributed by atoms with Crippen molar-refractivity contribution in [2.24, 2.45) is 5.92 Å². The zero-order valence-electron chi connectivity index (χ0n) is 14.5. The lowest BCUT2D eigenvalue weighted by Crippen LogP contribution is -2.27. The first kappa shape index (κ1) is 20.2. The number of rotatable bonds is 15. The molecule has 0 aromatic carbocycles. The number of nitrogens with one attached hydrogen (secondary N) is 1. The summed E-state index contributed by atoms with van der Waals surface area (Å²) in [6, 6.07) is 0. The summed E-state index contributed by atoms with van der Waals surface area (Å²) in [5.41, 5.74) is 0. The van der Waals surface area contributed by atoms with E-state index >= 15 is 0 Å². The van der Waals surface area contributed by atoms with Gasteiger partial charge in [0.1, 0.15) is 0 Å². The van der Waals surface area contributed by atoms with Crippen LogP contribution in [0, 0.1) is 5.92 Å². The average Bonchev–Trinajstić information content (AvgIpc) is 2.51. The molecule has 0 aliphatic rings. The second kappa shape index (κ2) is 15.6. The molecule has 2 heteroatoms. The largest absolute Gasteiger partial charge is 0.352 e. The van der Waals surface area contributed by atoms with Gasteiger partial charge in [0.15, 0.2) is 0 Å². The molecule has 0 saturated heterocycles. The standard InChI is InChI=1S/C19H37NO/c1-4-7-9-11-12-14-16-18(15-13-10-8-5-2)17-20-19(21)6-3/h6,18H,3-5,7-17H2,1-2H3,(H,20,21). The summed E-state index contributed by atoms with van der Waals surface area (Å²) in [5, 5.41) is 2.98. The molecule has 0 bridgehead atoms. The van der Waals surface area contributed by atoms with Crippen LogP contribution in [0.15, 0.2) is 12.7 Å². The number of hydrogen-bond acceptors (Lipinski definition) is 1. The van der Waals surface area contributed by atoms with Crippen LogP contribution >= 0.6 is 0 Å². The SMILES string of the molecule is C=CC(=O)NCC(CCCCCC)CCCCCCCC. The Bertz CT molecular complexity index is 250. The lowest BCUT2D eigenvalue weighted by atomic mass is 9.94. The van der Waals surface area contributed by atoms with Crippen LogP contribution in [0.25, 0.3) is 0 Å². The Morgan fingerprint density at radius 2 is 1.38 bits per heavy atom. The topological polar surface area (TPSA) is 29.1 Å². The Morgan fingerprint density at radius 3 is 1.90 bits per heavy atom. The maximum absolute atomic E-state index is 11.3. The van der Waals surface area contributed by atoms with Gasteiger partial charge in [0.2, 0.25) is 5.91 Å². The number of amides is 1. The molecule has 2 nitrogen and oxygen atoms in total. The molecular weight excluding hydrogens is 258 g/mol. The fourth-order valence-electron chi connectivity index (χ4n) is 2.74. The molecule has 0 saturated carbocycles. The normalized spacial score (nSPS) is 12.1. The highest BCUT2D eigenvalue weighted by molar-refractivity contribution is 5.86. The van der Waals surface area contributed by atoms with Crippen LogP contribution in [0.1, 0.15) is 90.9 Å². The van der Waals surface area contributed by atoms with Crippen molar-refractivity contribution in [1.82, 2.24) is 5.32 Å². The second-order valence-corrected chi connectivity index (χ2v) is 6.22. The van der Waals surface area contributed by atoms with Gasteiger partial charge in [0.25, 0.3) is 0 Å². The van der Waals surface area contributed by atoms with Crippen molar-refractivity contribution in [3.8, 4) is 0 Å². The lowest BCUT2D eigenvalue weighted by molar-refractivity contribution is -0.116. The number of carbonyl (C=O) groups excluding carboxylic acids is 1. The van der Waals surface area contributed by atoms with Crippen molar-refractivity contribution in [3.05, 3.63) is 12.7 Å². The molecule has 0 spiro atoms. The van der Waals surface area contributed by atoms with E-state index in [2.05, 4.69) is 25.7 Å². The first-order valence-corrected chi connectivity index (χ1v) is 9.14. The first-order valence-electron chi connectivity index (χ1n) is 9.14. The van der Waals surface area contributed by atoms with Crippen molar-refractivity contribution in [2.75, 3.05) is 6.54 Å². The van der Waals surface area contributed by atoms with Crippen LogP contribution in [-0.2, 0) is 4.79 Å². The third kappa shape index (κ3) is 13.9. The second-order valence-electron chi connectivity index (χ2n) is 6.22. The molecule has 1 amide bonds. The van der Waals surface area contributed by atoms with Crippen molar-refractivity contribution >= 4 is 5.91 Å². The molecule has 0 rings (SSSR count). The summed E-state index contributed by atoms with van der Waals surface area (Å²) >= 11 is 0. The number of hydrogen-bond donors (Lipinski definition) is 1. The van der Waals surface area contributed by atoms with Crippen molar-refractivity contribution in [1.29, 1.82) is 0 Å². The number of carbonyl (C=O) groups is 1. The molecule has 1 atom stereocenters. The summed E-state index contributed by atoms with van der Waals surface area (Å²) in [6.45, 7) is 8.85. The van der Waals surface area contributed by atoms with Gasteiger partial charge in [0, 0.05) is 6.54 Å². The fourth-order valence-corrected chi connectivity index (χ4v) is 2.74. The average molecular weight is 296 g/mol. The molecular formula is C19H37NO. The Kier molecular flexibility index (Phi) is 15.0. The predicted octanol–water partition coefficient (Wildman–Crippen LogP) is 5.63. The molecule has 0 fully saturated rings. The van der Waals surface area contributed by atoms with Gasteiger partial charge in [-0.2, -0.15) is 0 Å². The molecule has 0 aliphatic heterocycles. The van der Waals surface area contributed by atoms with Gasteiger partial charge in [-0.1, -0.05) is 84.6 Å². The molecule has 124 valence electrons. The monoisotopic (exact) mass is 295 g/mol. The first-order chi connectivity index (χ1) is 10.2. The Labute approximate surface area is 132 Å². The van der Waals surface area contributed by atoms with Crippen LogP contribution in [0.5, 0.6) is 0 Å². The van der Waals surface area contributed by atoms with E-state index < -0.39 is 0 Å². The molecule has 0 aromatic rings. The van der Waals surface area contributed by atoms with Crippen molar-refractivity contribution < 1.29 is 4.79 Å². The van der Waals surface area contributed by atoms with E-state index in [9.17, 15) is 4.79 Å². The van der Waals surface area contributed by atoms with Crippen LogP contribution in [0.2, 0.25) is 0 Å². The maximum atomic E-state index is 11.3. The Balaban J connectivity index is 3.82. The molecule has 1 N–H and O–H groups in total. The van der Waals surface area contributed by atoms with Gasteiger partial charge in [-0.25, -0.2) is 0 Å². The van der Waals surface area contributed by atoms with E-state index in [1.54, 1.807) is 0 Å². The summed E-state index contributed by atoms with van der Waals surface area (Å²) in [4.78, 5) is 11.3. The predicted molar refractivity (Wildman–Crippen MR) is 93.4 cm³/mol. The van der Waals surface area contributed by atoms with Crippen LogP contribution in [0.4, 0.5) is 0 Å². The molecule has 0 aromatic heterocycles. The molecule has 0 radical (unpaired) electrons. The summed E-state index contributed by atoms with van der Waals surface area (Å²) in [5.74, 6) is 0.619. The van der Waals surface area contributed by atoms with Crippen molar-refractivity contribution in [2.45, 2.75) is 90.9 Å². The highest BCUT2D eigenvalue weighted by Gasteiger charge is 2.09. The zero-order chi connectivity index (χ0) is 15.8. The van der Waals surface area contributed by atoms with Crippen LogP contribution in [-0.4, -0.2) is 12.5 Å². The summed E-state index contributed by atoms with van der Waals surface area (Å²) in [7, 11) is 0. The van der Waals surface area contributed by atoms with Crippen LogP contribution < -0.4 is 5.32 Å². The molecule has 0 heterocycles. The van der Waals surface area contributed by atoms with E-state index in [0.29, 0.717) is 5.92 Å². The van der Waals surface area contributed by atoms with Crippen LogP contribution in [0.3, 0.4) is 0 Å². The highest BCUT2D eigenvalue weighted by Crippen LogP contribution is 2.18. The molecule has 21 heavy (non-hydrogen) atoms. The molecule has 1 unspecified atom stereocenters. The van der Waals surface area contributed by atoms with E-state index in [-0.39, 0.29) is 5.91 Å². The van der Waals surface area contributed by atoms with E-state index in [1.807, 2.05) is 0 Å². The summed E-state index contributed by atoms with van der Waals surface area (Å²) < 4.78 is 0. The zero-order valence-corrected chi connectivity index (χ0v) is 14.5. The quantitative estimate of drug-likeness (QED) is 0.308. The Hall–Kier alpha value is -0.790. The summed E-state index contributed by atoms with van der Waals surface area (Å²) in [6.07, 6.45) is 17.2. The minimum Gasteiger partial charge on any atom is -0.352 e. The minimum atomic E-state index is -0.0310. The highest BCUT2D eigenvalue weighted by atomic mass is 16.1. The maximum Gasteiger partial charge on any atom is 0.243 e. The lowest BCUT2D eigenvalue weighted by Gasteiger charge is -2.17. The van der Waals surface area contributed by atoms with Gasteiger partial charge in [-0.05, 0) is 24.8 Å². The minimum absolute atomic E-state index is 0.0310. The van der Waals surface area contributed by atoms with Gasteiger partial charge < -0.3 is 5.32 Å². The smallest absolute Gasteiger partial charge is 0.243 e. The van der Waals surface area contributed by atoms with E-state index in [4.69, 9.17) is 0 Å². The Morgan fingerprint density at radius 1 is 0.905 bits per heavy atom. The fraction of sp³-hybridized carbons (Fsp3) is 0.842. The van der Waals surface area contributed by atoms with Gasteiger partial charge in [-0.15, -0.1) is 0 Å². The van der Waals surface area contributed by atoms with Crippen molar-refractivity contribution in [3.63, 3.8) is 0 Å². The third-order valence-corrected chi connectivity index (χ3v) is 4.18. The van der Waals surface area contributed by atoms with E-state index in [0.717, 1.165) is 6.54 Å². The van der Waals surface area contributed by atoms with E-state index in [1.165, 1.54) is 83.1 Å². The third-order valence-electron chi connectivity index (χ3n) is 4.18. The van der Waals surface area contributed by atoms with Gasteiger partial charge in [-0.3, -0.25) is 4.79 Å². The van der Waals surface area contributed by atoms with Gasteiger partial charge >= 0.3 is 0 Å².